The zero-order valence-electron chi connectivity index (χ0n) is 8.80. The van der Waals surface area contributed by atoms with Crippen LogP contribution in [0.4, 0.5) is 0 Å². The quantitative estimate of drug-likeness (QED) is 0.318. The van der Waals surface area contributed by atoms with Gasteiger partial charge in [0.15, 0.2) is 5.78 Å². The largest absolute Gasteiger partial charge is 0.460 e. The molecule has 84 valence electrons. The average Bonchev–Trinajstić information content (AvgIpc) is 2.30. The molecule has 0 spiro atoms. The second-order valence-corrected chi connectivity index (χ2v) is 2.99. The minimum Gasteiger partial charge on any atom is -0.460 e. The van der Waals surface area contributed by atoms with Crippen LogP contribution in [0.25, 0.3) is 0 Å². The van der Waals surface area contributed by atoms with E-state index in [4.69, 9.17) is 0 Å². The number of Topliss-reactive ketones (excluding diaryl/α,β-unsaturated/α-hetero) is 2. The van der Waals surface area contributed by atoms with E-state index in [0.717, 1.165) is 0 Å². The summed E-state index contributed by atoms with van der Waals surface area (Å²) in [6.07, 6.45) is 2.38. The molecule has 5 nitrogen and oxygen atoms in total. The highest BCUT2D eigenvalue weighted by molar-refractivity contribution is 6.38. The molecule has 0 unspecified atom stereocenters. The van der Waals surface area contributed by atoms with Gasteiger partial charge in [-0.1, -0.05) is 0 Å². The molecule has 0 radical (unpaired) electrons. The molecule has 0 aliphatic heterocycles. The highest BCUT2D eigenvalue weighted by Gasteiger charge is 2.19. The summed E-state index contributed by atoms with van der Waals surface area (Å²) in [4.78, 5) is 37.4. The normalized spacial score (nSPS) is 9.56. The fourth-order valence-electron chi connectivity index (χ4n) is 1.06. The third-order valence-electron chi connectivity index (χ3n) is 1.81. The Bertz CT molecular complexity index is 400. The second kappa shape index (κ2) is 5.75. The minimum absolute atomic E-state index is 0.117. The maximum absolute atomic E-state index is 11.5. The maximum Gasteiger partial charge on any atom is 0.375 e. The van der Waals surface area contributed by atoms with E-state index >= 15 is 0 Å². The van der Waals surface area contributed by atoms with Crippen molar-refractivity contribution < 1.29 is 19.1 Å². The van der Waals surface area contributed by atoms with Crippen molar-refractivity contribution in [3.63, 3.8) is 0 Å². The van der Waals surface area contributed by atoms with Crippen molar-refractivity contribution in [1.29, 1.82) is 0 Å². The van der Waals surface area contributed by atoms with E-state index in [-0.39, 0.29) is 6.61 Å². The molecule has 0 aliphatic rings. The molecule has 1 aromatic heterocycles. The first kappa shape index (κ1) is 12.0. The lowest BCUT2D eigenvalue weighted by atomic mass is 10.1. The van der Waals surface area contributed by atoms with Crippen molar-refractivity contribution in [2.75, 3.05) is 6.61 Å². The number of aromatic nitrogens is 1. The van der Waals surface area contributed by atoms with Crippen LogP contribution in [0.3, 0.4) is 0 Å². The molecule has 1 heterocycles. The Labute approximate surface area is 92.4 Å². The predicted molar refractivity (Wildman–Crippen MR) is 54.8 cm³/mol. The summed E-state index contributed by atoms with van der Waals surface area (Å²) < 4.78 is 4.48. The van der Waals surface area contributed by atoms with Crippen LogP contribution in [0.15, 0.2) is 24.5 Å². The van der Waals surface area contributed by atoms with Gasteiger partial charge in [0.05, 0.1) is 13.0 Å². The number of hydrogen-bond donors (Lipinski definition) is 0. The summed E-state index contributed by atoms with van der Waals surface area (Å²) in [5, 5.41) is 0. The van der Waals surface area contributed by atoms with Crippen LogP contribution in [0.5, 0.6) is 0 Å². The summed E-state index contributed by atoms with van der Waals surface area (Å²) in [6, 6.07) is 3.12. The van der Waals surface area contributed by atoms with Gasteiger partial charge in [-0.25, -0.2) is 4.79 Å². The Balaban J connectivity index is 2.59. The van der Waals surface area contributed by atoms with E-state index in [0.29, 0.717) is 5.56 Å². The van der Waals surface area contributed by atoms with Crippen LogP contribution in [-0.4, -0.2) is 29.1 Å². The van der Waals surface area contributed by atoms with E-state index < -0.39 is 24.0 Å². The summed E-state index contributed by atoms with van der Waals surface area (Å²) >= 11 is 0. The van der Waals surface area contributed by atoms with Crippen molar-refractivity contribution in [3.05, 3.63) is 30.1 Å². The van der Waals surface area contributed by atoms with Crippen molar-refractivity contribution in [2.45, 2.75) is 13.3 Å². The second-order valence-electron chi connectivity index (χ2n) is 2.99. The highest BCUT2D eigenvalue weighted by atomic mass is 16.5. The molecule has 1 rings (SSSR count). The van der Waals surface area contributed by atoms with Crippen molar-refractivity contribution in [1.82, 2.24) is 4.98 Å². The molecule has 0 saturated carbocycles. The first-order valence-electron chi connectivity index (χ1n) is 4.78. The average molecular weight is 221 g/mol. The summed E-state index contributed by atoms with van der Waals surface area (Å²) in [5.74, 6) is -2.25. The number of nitrogens with zero attached hydrogens (tertiary/aromatic N) is 1. The molecule has 0 amide bonds. The van der Waals surface area contributed by atoms with E-state index in [9.17, 15) is 14.4 Å². The Morgan fingerprint density at radius 3 is 2.69 bits per heavy atom. The standard InChI is InChI=1S/C11H11NO4/c1-2-16-11(15)10(14)6-9(13)8-4-3-5-12-7-8/h3-5,7H,2,6H2,1H3. The summed E-state index contributed by atoms with van der Waals surface area (Å²) in [7, 11) is 0. The molecule has 0 aliphatic carbocycles. The number of rotatable bonds is 5. The minimum atomic E-state index is -0.972. The fourth-order valence-corrected chi connectivity index (χ4v) is 1.06. The molecule has 5 heteroatoms. The fraction of sp³-hybridized carbons (Fsp3) is 0.273. The molecule has 16 heavy (non-hydrogen) atoms. The van der Waals surface area contributed by atoms with Crippen LogP contribution in [0.2, 0.25) is 0 Å². The van der Waals surface area contributed by atoms with E-state index in [2.05, 4.69) is 9.72 Å². The number of pyridine rings is 1. The topological polar surface area (TPSA) is 73.3 Å². The van der Waals surface area contributed by atoms with Crippen molar-refractivity contribution >= 4 is 17.5 Å². The maximum atomic E-state index is 11.5. The summed E-state index contributed by atoms with van der Waals surface area (Å²) in [5.41, 5.74) is 0.306. The zero-order chi connectivity index (χ0) is 12.0. The molecule has 0 bridgehead atoms. The van der Waals surface area contributed by atoms with Gasteiger partial charge in [-0.15, -0.1) is 0 Å². The molecular weight excluding hydrogens is 210 g/mol. The zero-order valence-corrected chi connectivity index (χ0v) is 8.80. The first-order valence-corrected chi connectivity index (χ1v) is 4.78. The lowest BCUT2D eigenvalue weighted by molar-refractivity contribution is -0.153. The molecule has 0 aromatic carbocycles. The summed E-state index contributed by atoms with van der Waals surface area (Å²) in [6.45, 7) is 1.71. The third kappa shape index (κ3) is 3.27. The lowest BCUT2D eigenvalue weighted by Crippen LogP contribution is -2.20. The van der Waals surface area contributed by atoms with Gasteiger partial charge in [0.2, 0.25) is 5.78 Å². The van der Waals surface area contributed by atoms with Gasteiger partial charge in [0.25, 0.3) is 0 Å². The number of esters is 1. The van der Waals surface area contributed by atoms with Crippen LogP contribution in [-0.2, 0) is 14.3 Å². The van der Waals surface area contributed by atoms with Gasteiger partial charge in [-0.2, -0.15) is 0 Å². The third-order valence-corrected chi connectivity index (χ3v) is 1.81. The van der Waals surface area contributed by atoms with Crippen LogP contribution < -0.4 is 0 Å². The number of carbonyl (C=O) groups is 3. The Morgan fingerprint density at radius 2 is 2.12 bits per heavy atom. The van der Waals surface area contributed by atoms with Gasteiger partial charge in [-0.05, 0) is 19.1 Å². The molecule has 0 N–H and O–H groups in total. The van der Waals surface area contributed by atoms with E-state index in [1.54, 1.807) is 13.0 Å². The predicted octanol–water partition coefficient (Wildman–Crippen LogP) is 0.787. The van der Waals surface area contributed by atoms with E-state index in [1.165, 1.54) is 18.5 Å². The number of ketones is 2. The van der Waals surface area contributed by atoms with Crippen LogP contribution >= 0.6 is 0 Å². The SMILES string of the molecule is CCOC(=O)C(=O)CC(=O)c1cccnc1. The molecule has 0 saturated heterocycles. The van der Waals surface area contributed by atoms with Crippen molar-refractivity contribution in [3.8, 4) is 0 Å². The first-order chi connectivity index (χ1) is 7.65. The van der Waals surface area contributed by atoms with Gasteiger partial charge >= 0.3 is 5.97 Å². The highest BCUT2D eigenvalue weighted by Crippen LogP contribution is 2.02. The molecule has 0 fully saturated rings. The monoisotopic (exact) mass is 221 g/mol. The molecular formula is C11H11NO4. The van der Waals surface area contributed by atoms with Gasteiger partial charge < -0.3 is 4.74 Å². The van der Waals surface area contributed by atoms with Crippen LogP contribution in [0.1, 0.15) is 23.7 Å². The Morgan fingerprint density at radius 1 is 1.38 bits per heavy atom. The molecule has 0 atom stereocenters. The Kier molecular flexibility index (Phi) is 4.32. The molecule has 1 aromatic rings. The van der Waals surface area contributed by atoms with Crippen LogP contribution in [0, 0.1) is 0 Å². The van der Waals surface area contributed by atoms with E-state index in [1.807, 2.05) is 0 Å². The van der Waals surface area contributed by atoms with Gasteiger partial charge in [0.1, 0.15) is 0 Å². The van der Waals surface area contributed by atoms with Crippen molar-refractivity contribution in [2.24, 2.45) is 0 Å². The van der Waals surface area contributed by atoms with Gasteiger partial charge in [-0.3, -0.25) is 14.6 Å². The number of ether oxygens (including phenoxy) is 1. The number of carbonyl (C=O) groups excluding carboxylic acids is 3. The lowest BCUT2D eigenvalue weighted by Gasteiger charge is -2.00. The Hall–Kier alpha value is -2.04. The smallest absolute Gasteiger partial charge is 0.375 e. The number of hydrogen-bond acceptors (Lipinski definition) is 5. The van der Waals surface area contributed by atoms with Gasteiger partial charge in [0, 0.05) is 18.0 Å².